The molecule has 6 nitrogen and oxygen atoms in total. The third-order valence-electron chi connectivity index (χ3n) is 5.09. The molecular weight excluding hydrogens is 336 g/mol. The Bertz CT molecular complexity index is 694. The molecule has 134 valence electrons. The van der Waals surface area contributed by atoms with E-state index in [1.807, 2.05) is 17.5 Å². The molecule has 2 aromatic rings. The van der Waals surface area contributed by atoms with E-state index in [4.69, 9.17) is 4.52 Å². The Labute approximate surface area is 151 Å². The van der Waals surface area contributed by atoms with E-state index in [1.54, 1.807) is 11.3 Å². The first-order valence-corrected chi connectivity index (χ1v) is 10.0. The highest BCUT2D eigenvalue weighted by molar-refractivity contribution is 7.13. The number of amides is 1. The number of nitrogens with zero attached hydrogens (tertiary/aromatic N) is 4. The average molecular weight is 360 g/mol. The summed E-state index contributed by atoms with van der Waals surface area (Å²) in [6, 6.07) is 3.98. The van der Waals surface area contributed by atoms with Crippen LogP contribution in [-0.2, 0) is 11.3 Å². The summed E-state index contributed by atoms with van der Waals surface area (Å²) in [5.74, 6) is 1.75. The van der Waals surface area contributed by atoms with Crippen LogP contribution in [0.1, 0.15) is 38.0 Å². The second kappa shape index (κ2) is 7.66. The highest BCUT2D eigenvalue weighted by Crippen LogP contribution is 2.24. The summed E-state index contributed by atoms with van der Waals surface area (Å²) in [6.07, 6.45) is 5.60. The monoisotopic (exact) mass is 360 g/mol. The number of hydrogen-bond donors (Lipinski definition) is 0. The van der Waals surface area contributed by atoms with Crippen molar-refractivity contribution >= 4 is 17.2 Å². The van der Waals surface area contributed by atoms with Crippen LogP contribution in [0.4, 0.5) is 0 Å². The van der Waals surface area contributed by atoms with E-state index in [1.165, 1.54) is 6.42 Å². The van der Waals surface area contributed by atoms with Gasteiger partial charge in [0, 0.05) is 19.6 Å². The van der Waals surface area contributed by atoms with Crippen molar-refractivity contribution in [3.05, 3.63) is 23.4 Å². The highest BCUT2D eigenvalue weighted by Gasteiger charge is 2.30. The molecule has 0 radical (unpaired) electrons. The van der Waals surface area contributed by atoms with Gasteiger partial charge in [-0.1, -0.05) is 11.2 Å². The van der Waals surface area contributed by atoms with E-state index in [-0.39, 0.29) is 5.92 Å². The van der Waals surface area contributed by atoms with Crippen LogP contribution in [0.3, 0.4) is 0 Å². The van der Waals surface area contributed by atoms with Gasteiger partial charge in [0.15, 0.2) is 0 Å². The van der Waals surface area contributed by atoms with Crippen molar-refractivity contribution in [3.8, 4) is 10.7 Å². The van der Waals surface area contributed by atoms with Gasteiger partial charge < -0.3 is 9.42 Å². The first-order chi connectivity index (χ1) is 12.3. The summed E-state index contributed by atoms with van der Waals surface area (Å²) in [5.41, 5.74) is 0. The smallest absolute Gasteiger partial charge is 0.241 e. The SMILES string of the molecule is O=C(C1CCCN(Cc2nc(-c3cccs3)no2)C1)N1CCCCC1. The van der Waals surface area contributed by atoms with Crippen molar-refractivity contribution in [1.82, 2.24) is 19.9 Å². The molecular formula is C18H24N4O2S. The molecule has 2 aliphatic rings. The largest absolute Gasteiger partial charge is 0.342 e. The van der Waals surface area contributed by atoms with Gasteiger partial charge in [-0.05, 0) is 50.1 Å². The normalized spacial score (nSPS) is 22.2. The number of likely N-dealkylation sites (tertiary alicyclic amines) is 2. The number of piperidine rings is 2. The van der Waals surface area contributed by atoms with Crippen LogP contribution in [0.2, 0.25) is 0 Å². The maximum absolute atomic E-state index is 12.8. The summed E-state index contributed by atoms with van der Waals surface area (Å²) in [5, 5.41) is 6.08. The third kappa shape index (κ3) is 3.93. The molecule has 0 aliphatic carbocycles. The lowest BCUT2D eigenvalue weighted by Gasteiger charge is -2.35. The quantitative estimate of drug-likeness (QED) is 0.839. The van der Waals surface area contributed by atoms with Crippen LogP contribution >= 0.6 is 11.3 Å². The Kier molecular flexibility index (Phi) is 5.12. The summed E-state index contributed by atoms with van der Waals surface area (Å²) in [6.45, 7) is 4.28. The van der Waals surface area contributed by atoms with Gasteiger partial charge in [0.1, 0.15) is 0 Å². The van der Waals surface area contributed by atoms with Crippen molar-refractivity contribution in [2.24, 2.45) is 5.92 Å². The zero-order chi connectivity index (χ0) is 17.1. The molecule has 25 heavy (non-hydrogen) atoms. The maximum atomic E-state index is 12.8. The van der Waals surface area contributed by atoms with Crippen LogP contribution in [-0.4, -0.2) is 52.0 Å². The van der Waals surface area contributed by atoms with Gasteiger partial charge in [0.25, 0.3) is 0 Å². The lowest BCUT2D eigenvalue weighted by Crippen LogP contribution is -2.46. The van der Waals surface area contributed by atoms with Crippen LogP contribution < -0.4 is 0 Å². The second-order valence-electron chi connectivity index (χ2n) is 6.95. The van der Waals surface area contributed by atoms with E-state index in [0.29, 0.717) is 24.2 Å². The van der Waals surface area contributed by atoms with E-state index < -0.39 is 0 Å². The lowest BCUT2D eigenvalue weighted by molar-refractivity contribution is -0.138. The number of thiophene rings is 1. The Balaban J connectivity index is 1.36. The molecule has 1 amide bonds. The van der Waals surface area contributed by atoms with Gasteiger partial charge in [-0.25, -0.2) is 0 Å². The van der Waals surface area contributed by atoms with Gasteiger partial charge in [-0.2, -0.15) is 4.98 Å². The first kappa shape index (κ1) is 16.7. The number of aromatic nitrogens is 2. The number of hydrogen-bond acceptors (Lipinski definition) is 6. The summed E-state index contributed by atoms with van der Waals surface area (Å²) in [4.78, 5) is 22.6. The van der Waals surface area contributed by atoms with Crippen LogP contribution in [0.5, 0.6) is 0 Å². The summed E-state index contributed by atoms with van der Waals surface area (Å²) >= 11 is 1.61. The van der Waals surface area contributed by atoms with Crippen LogP contribution in [0.15, 0.2) is 22.0 Å². The summed E-state index contributed by atoms with van der Waals surface area (Å²) in [7, 11) is 0. The Morgan fingerprint density at radius 1 is 1.24 bits per heavy atom. The minimum absolute atomic E-state index is 0.117. The predicted molar refractivity (Wildman–Crippen MR) is 96.0 cm³/mol. The maximum Gasteiger partial charge on any atom is 0.241 e. The first-order valence-electron chi connectivity index (χ1n) is 9.17. The minimum atomic E-state index is 0.117. The van der Waals surface area contributed by atoms with E-state index in [0.717, 1.165) is 56.7 Å². The van der Waals surface area contributed by atoms with E-state index in [2.05, 4.69) is 19.9 Å². The van der Waals surface area contributed by atoms with E-state index in [9.17, 15) is 4.79 Å². The fourth-order valence-corrected chi connectivity index (χ4v) is 4.44. The van der Waals surface area contributed by atoms with E-state index >= 15 is 0 Å². The molecule has 0 spiro atoms. The lowest BCUT2D eigenvalue weighted by atomic mass is 9.95. The Hall–Kier alpha value is -1.73. The standard InChI is InChI=1S/C18H24N4O2S/c23-18(22-9-2-1-3-10-22)14-6-4-8-21(12-14)13-16-19-17(20-24-16)15-7-5-11-25-15/h5,7,11,14H,1-4,6,8-10,12-13H2. The minimum Gasteiger partial charge on any atom is -0.342 e. The van der Waals surface area contributed by atoms with Crippen LogP contribution in [0.25, 0.3) is 10.7 Å². The zero-order valence-corrected chi connectivity index (χ0v) is 15.2. The summed E-state index contributed by atoms with van der Waals surface area (Å²) < 4.78 is 5.41. The van der Waals surface area contributed by atoms with Gasteiger partial charge in [-0.3, -0.25) is 9.69 Å². The molecule has 2 aliphatic heterocycles. The average Bonchev–Trinajstić information content (AvgIpc) is 3.34. The zero-order valence-electron chi connectivity index (χ0n) is 14.4. The topological polar surface area (TPSA) is 62.5 Å². The third-order valence-corrected chi connectivity index (χ3v) is 5.96. The molecule has 4 heterocycles. The molecule has 7 heteroatoms. The van der Waals surface area contributed by atoms with Crippen molar-refractivity contribution in [2.45, 2.75) is 38.6 Å². The van der Waals surface area contributed by atoms with Crippen molar-refractivity contribution < 1.29 is 9.32 Å². The van der Waals surface area contributed by atoms with Gasteiger partial charge in [0.05, 0.1) is 17.3 Å². The second-order valence-corrected chi connectivity index (χ2v) is 7.90. The Morgan fingerprint density at radius 2 is 2.12 bits per heavy atom. The van der Waals surface area contributed by atoms with Crippen molar-refractivity contribution in [3.63, 3.8) is 0 Å². The van der Waals surface area contributed by atoms with Gasteiger partial charge in [0.2, 0.25) is 17.6 Å². The van der Waals surface area contributed by atoms with Crippen molar-refractivity contribution in [2.75, 3.05) is 26.2 Å². The number of carbonyl (C=O) groups excluding carboxylic acids is 1. The molecule has 1 atom stereocenters. The number of rotatable bonds is 4. The van der Waals surface area contributed by atoms with Gasteiger partial charge >= 0.3 is 0 Å². The van der Waals surface area contributed by atoms with Crippen molar-refractivity contribution in [1.29, 1.82) is 0 Å². The van der Waals surface area contributed by atoms with Crippen LogP contribution in [0, 0.1) is 5.92 Å². The highest BCUT2D eigenvalue weighted by atomic mass is 32.1. The Morgan fingerprint density at radius 3 is 2.92 bits per heavy atom. The fourth-order valence-electron chi connectivity index (χ4n) is 3.79. The fraction of sp³-hybridized carbons (Fsp3) is 0.611. The molecule has 2 fully saturated rings. The predicted octanol–water partition coefficient (Wildman–Crippen LogP) is 3.02. The van der Waals surface area contributed by atoms with Gasteiger partial charge in [-0.15, -0.1) is 11.3 Å². The number of carbonyl (C=O) groups is 1. The molecule has 0 bridgehead atoms. The molecule has 0 N–H and O–H groups in total. The molecule has 2 aromatic heterocycles. The molecule has 0 saturated carbocycles. The molecule has 1 unspecified atom stereocenters. The molecule has 0 aromatic carbocycles. The molecule has 4 rings (SSSR count). The molecule has 2 saturated heterocycles.